The summed E-state index contributed by atoms with van der Waals surface area (Å²) in [5.41, 5.74) is 0. The molecule has 1 aromatic carbocycles. The summed E-state index contributed by atoms with van der Waals surface area (Å²) in [6.07, 6.45) is 4.36. The van der Waals surface area contributed by atoms with Crippen molar-refractivity contribution in [2.75, 3.05) is 26.2 Å². The highest BCUT2D eigenvalue weighted by molar-refractivity contribution is 7.89. The van der Waals surface area contributed by atoms with Gasteiger partial charge in [-0.15, -0.1) is 0 Å². The van der Waals surface area contributed by atoms with E-state index in [9.17, 15) is 8.42 Å². The van der Waals surface area contributed by atoms with E-state index in [1.165, 1.54) is 6.42 Å². The average Bonchev–Trinajstić information content (AvgIpc) is 2.56. The first-order valence-corrected chi connectivity index (χ1v) is 10.4. The number of quaternary nitrogens is 2. The fraction of sp³-hybridized carbons (Fsp3) is 0.625. The number of nitrogens with one attached hydrogen (secondary N) is 2. The molecule has 0 amide bonds. The summed E-state index contributed by atoms with van der Waals surface area (Å²) in [4.78, 5) is 1.87. The first-order valence-electron chi connectivity index (χ1n) is 8.50. The van der Waals surface area contributed by atoms with E-state index < -0.39 is 10.0 Å². The molecule has 1 aromatic rings. The van der Waals surface area contributed by atoms with E-state index in [0.717, 1.165) is 45.4 Å². The van der Waals surface area contributed by atoms with Crippen molar-refractivity contribution in [2.24, 2.45) is 0 Å². The number of rotatable bonds is 4. The predicted octanol–water partition coefficient (Wildman–Crippen LogP) is -0.609. The Bertz CT molecular complexity index is 615. The largest absolute Gasteiger partial charge is 0.337 e. The van der Waals surface area contributed by atoms with Crippen LogP contribution in [0.5, 0.6) is 0 Å². The number of benzene rings is 1. The van der Waals surface area contributed by atoms with Crippen LogP contribution in [-0.4, -0.2) is 46.7 Å². The molecule has 1 aliphatic heterocycles. The molecule has 2 aliphatic rings. The van der Waals surface area contributed by atoms with Gasteiger partial charge in [0.1, 0.15) is 32.2 Å². The maximum absolute atomic E-state index is 12.7. The second-order valence-electron chi connectivity index (χ2n) is 6.60. The molecule has 0 aromatic heterocycles. The summed E-state index contributed by atoms with van der Waals surface area (Å²) in [5, 5.41) is 2.90. The van der Waals surface area contributed by atoms with Crippen LogP contribution in [0.4, 0.5) is 0 Å². The monoisotopic (exact) mass is 359 g/mol. The van der Waals surface area contributed by atoms with E-state index in [-0.39, 0.29) is 6.04 Å². The lowest BCUT2D eigenvalue weighted by molar-refractivity contribution is -0.968. The predicted molar refractivity (Wildman–Crippen MR) is 90.2 cm³/mol. The van der Waals surface area contributed by atoms with Crippen LogP contribution < -0.4 is 14.9 Å². The van der Waals surface area contributed by atoms with Crippen molar-refractivity contribution >= 4 is 21.6 Å². The van der Waals surface area contributed by atoms with Gasteiger partial charge < -0.3 is 10.2 Å². The highest BCUT2D eigenvalue weighted by Crippen LogP contribution is 2.20. The molecule has 1 saturated carbocycles. The van der Waals surface area contributed by atoms with Gasteiger partial charge >= 0.3 is 0 Å². The van der Waals surface area contributed by atoms with Crippen molar-refractivity contribution in [1.29, 1.82) is 0 Å². The van der Waals surface area contributed by atoms with Gasteiger partial charge in [0.25, 0.3) is 0 Å². The lowest BCUT2D eigenvalue weighted by Crippen LogP contribution is -3.24. The Balaban J connectivity index is 1.74. The fourth-order valence-corrected chi connectivity index (χ4v) is 5.29. The normalized spacial score (nSPS) is 27.0. The molecule has 2 atom stereocenters. The zero-order chi connectivity index (χ0) is 16.3. The van der Waals surface area contributed by atoms with Crippen molar-refractivity contribution < 1.29 is 18.6 Å². The molecule has 2 fully saturated rings. The van der Waals surface area contributed by atoms with E-state index >= 15 is 0 Å². The Kier molecular flexibility index (Phi) is 5.59. The topological polar surface area (TPSA) is 67.2 Å². The lowest BCUT2D eigenvalue weighted by atomic mass is 9.89. The summed E-state index contributed by atoms with van der Waals surface area (Å²) in [7, 11) is -3.48. The molecule has 128 valence electrons. The van der Waals surface area contributed by atoms with E-state index in [2.05, 4.69) is 10.0 Å². The van der Waals surface area contributed by atoms with Gasteiger partial charge in [0.15, 0.2) is 0 Å². The standard InChI is InChI=1S/C16H24ClN3O2S/c17-13-5-7-14(8-6-13)23(21,22)19-15-3-1-2-4-16(15)20-11-9-18-10-12-20/h5-8,15-16,18-19H,1-4,9-12H2/p+2. The third-order valence-corrected chi connectivity index (χ3v) is 6.82. The molecular weight excluding hydrogens is 334 g/mol. The van der Waals surface area contributed by atoms with Crippen LogP contribution in [0.2, 0.25) is 5.02 Å². The summed E-state index contributed by atoms with van der Waals surface area (Å²) >= 11 is 5.86. The van der Waals surface area contributed by atoms with Crippen LogP contribution in [0.1, 0.15) is 25.7 Å². The summed E-state index contributed by atoms with van der Waals surface area (Å²) in [5.74, 6) is 0. The molecule has 0 spiro atoms. The molecule has 0 bridgehead atoms. The quantitative estimate of drug-likeness (QED) is 0.671. The van der Waals surface area contributed by atoms with Crippen molar-refractivity contribution in [1.82, 2.24) is 4.72 Å². The number of sulfonamides is 1. The van der Waals surface area contributed by atoms with Crippen LogP contribution in [0.15, 0.2) is 29.2 Å². The highest BCUT2D eigenvalue weighted by Gasteiger charge is 2.37. The Labute approximate surface area is 143 Å². The molecule has 1 aliphatic carbocycles. The molecule has 3 rings (SSSR count). The van der Waals surface area contributed by atoms with Crippen LogP contribution in [0, 0.1) is 0 Å². The van der Waals surface area contributed by atoms with Gasteiger partial charge in [-0.25, -0.2) is 13.1 Å². The minimum absolute atomic E-state index is 0.0394. The maximum Gasteiger partial charge on any atom is 0.241 e. The number of hydrogen-bond donors (Lipinski definition) is 3. The maximum atomic E-state index is 12.7. The van der Waals surface area contributed by atoms with Crippen molar-refractivity contribution in [2.45, 2.75) is 42.7 Å². The molecular formula is C16H26ClN3O2S+2. The number of nitrogens with two attached hydrogens (primary N) is 1. The molecule has 4 N–H and O–H groups in total. The van der Waals surface area contributed by atoms with Gasteiger partial charge in [-0.3, -0.25) is 0 Å². The van der Waals surface area contributed by atoms with Crippen molar-refractivity contribution in [3.05, 3.63) is 29.3 Å². The minimum Gasteiger partial charge on any atom is -0.337 e. The summed E-state index contributed by atoms with van der Waals surface area (Å²) in [6, 6.07) is 6.84. The van der Waals surface area contributed by atoms with Crippen LogP contribution in [0.3, 0.4) is 0 Å². The molecule has 1 heterocycles. The molecule has 0 radical (unpaired) electrons. The number of halogens is 1. The van der Waals surface area contributed by atoms with Crippen LogP contribution >= 0.6 is 11.6 Å². The van der Waals surface area contributed by atoms with Gasteiger partial charge in [0.05, 0.1) is 10.9 Å². The van der Waals surface area contributed by atoms with E-state index in [0.29, 0.717) is 16.0 Å². The number of piperazine rings is 1. The highest BCUT2D eigenvalue weighted by atomic mass is 35.5. The summed E-state index contributed by atoms with van der Waals surface area (Å²) in [6.45, 7) is 4.54. The first-order chi connectivity index (χ1) is 11.1. The van der Waals surface area contributed by atoms with Gasteiger partial charge in [-0.2, -0.15) is 0 Å². The summed E-state index contributed by atoms with van der Waals surface area (Å²) < 4.78 is 28.3. The van der Waals surface area contributed by atoms with E-state index in [4.69, 9.17) is 11.6 Å². The lowest BCUT2D eigenvalue weighted by Gasteiger charge is -2.38. The zero-order valence-electron chi connectivity index (χ0n) is 13.3. The molecule has 1 saturated heterocycles. The SMILES string of the molecule is O=S(=O)(NC1CCCCC1[NH+]1CC[NH2+]CC1)c1ccc(Cl)cc1. The van der Waals surface area contributed by atoms with Crippen LogP contribution in [0.25, 0.3) is 0 Å². The first kappa shape index (κ1) is 17.2. The zero-order valence-corrected chi connectivity index (χ0v) is 14.9. The Morgan fingerprint density at radius 1 is 1.09 bits per heavy atom. The van der Waals surface area contributed by atoms with Gasteiger partial charge in [-0.1, -0.05) is 18.0 Å². The Hall–Kier alpha value is -0.660. The molecule has 7 heteroatoms. The third kappa shape index (κ3) is 4.25. The van der Waals surface area contributed by atoms with Gasteiger partial charge in [0, 0.05) is 11.4 Å². The smallest absolute Gasteiger partial charge is 0.241 e. The molecule has 23 heavy (non-hydrogen) atoms. The van der Waals surface area contributed by atoms with Crippen LogP contribution in [-0.2, 0) is 10.0 Å². The Morgan fingerprint density at radius 2 is 1.74 bits per heavy atom. The average molecular weight is 360 g/mol. The molecule has 5 nitrogen and oxygen atoms in total. The second-order valence-corrected chi connectivity index (χ2v) is 8.75. The van der Waals surface area contributed by atoms with Crippen molar-refractivity contribution in [3.63, 3.8) is 0 Å². The van der Waals surface area contributed by atoms with E-state index in [1.807, 2.05) is 0 Å². The van der Waals surface area contributed by atoms with Gasteiger partial charge in [0.2, 0.25) is 10.0 Å². The third-order valence-electron chi connectivity index (χ3n) is 5.06. The van der Waals surface area contributed by atoms with Gasteiger partial charge in [-0.05, 0) is 37.1 Å². The second kappa shape index (κ2) is 7.49. The molecule has 2 unspecified atom stereocenters. The Morgan fingerprint density at radius 3 is 2.43 bits per heavy atom. The fourth-order valence-electron chi connectivity index (χ4n) is 3.86. The van der Waals surface area contributed by atoms with E-state index in [1.54, 1.807) is 29.2 Å². The van der Waals surface area contributed by atoms with Crippen molar-refractivity contribution in [3.8, 4) is 0 Å². The minimum atomic E-state index is -3.48. The number of hydrogen-bond acceptors (Lipinski definition) is 2.